The third-order valence-electron chi connectivity index (χ3n) is 4.65. The van der Waals surface area contributed by atoms with Crippen LogP contribution in [-0.4, -0.2) is 13.2 Å². The van der Waals surface area contributed by atoms with Crippen LogP contribution in [0.4, 0.5) is 4.39 Å². The maximum absolute atomic E-state index is 14.2. The summed E-state index contributed by atoms with van der Waals surface area (Å²) in [7, 11) is 0. The number of fused-ring (bicyclic) bond motifs is 1. The lowest BCUT2D eigenvalue weighted by Crippen LogP contribution is -2.36. The Morgan fingerprint density at radius 1 is 1.25 bits per heavy atom. The summed E-state index contributed by atoms with van der Waals surface area (Å²) in [5, 5.41) is 3.34. The Hall–Kier alpha value is -1.35. The van der Waals surface area contributed by atoms with E-state index in [4.69, 9.17) is 4.74 Å². The van der Waals surface area contributed by atoms with Crippen LogP contribution in [0.1, 0.15) is 42.6 Å². The highest BCUT2D eigenvalue weighted by atomic mass is 19.1. The van der Waals surface area contributed by atoms with Crippen LogP contribution in [-0.2, 0) is 0 Å². The van der Waals surface area contributed by atoms with E-state index in [-0.39, 0.29) is 6.04 Å². The molecule has 0 amide bonds. The highest BCUT2D eigenvalue weighted by Gasteiger charge is 2.32. The SMILES string of the molecule is FC1CNC(C2C=CC2)c2ccc(OCC3CC3)cc21. The van der Waals surface area contributed by atoms with Crippen molar-refractivity contribution in [3.05, 3.63) is 41.5 Å². The molecule has 1 aromatic carbocycles. The van der Waals surface area contributed by atoms with Gasteiger partial charge < -0.3 is 10.1 Å². The van der Waals surface area contributed by atoms with Gasteiger partial charge in [0.2, 0.25) is 0 Å². The average molecular weight is 273 g/mol. The zero-order valence-electron chi connectivity index (χ0n) is 11.5. The van der Waals surface area contributed by atoms with Crippen molar-refractivity contribution in [1.82, 2.24) is 5.32 Å². The Bertz CT molecular complexity index is 538. The number of allylic oxidation sites excluding steroid dienone is 1. The van der Waals surface area contributed by atoms with Crippen LogP contribution in [0.2, 0.25) is 0 Å². The van der Waals surface area contributed by atoms with Crippen LogP contribution in [0, 0.1) is 11.8 Å². The van der Waals surface area contributed by atoms with Crippen LogP contribution in [0.5, 0.6) is 5.75 Å². The molecule has 0 aromatic heterocycles. The van der Waals surface area contributed by atoms with Gasteiger partial charge in [-0.05, 0) is 54.4 Å². The lowest BCUT2D eigenvalue weighted by atomic mass is 9.79. The summed E-state index contributed by atoms with van der Waals surface area (Å²) in [5.41, 5.74) is 1.93. The maximum atomic E-state index is 14.2. The van der Waals surface area contributed by atoms with Crippen molar-refractivity contribution in [3.63, 3.8) is 0 Å². The van der Waals surface area contributed by atoms with Gasteiger partial charge in [-0.3, -0.25) is 0 Å². The normalized spacial score (nSPS) is 31.6. The largest absolute Gasteiger partial charge is 0.493 e. The predicted molar refractivity (Wildman–Crippen MR) is 76.5 cm³/mol. The fourth-order valence-corrected chi connectivity index (χ4v) is 3.07. The van der Waals surface area contributed by atoms with E-state index in [1.165, 1.54) is 12.8 Å². The molecule has 2 aliphatic carbocycles. The van der Waals surface area contributed by atoms with Crippen LogP contribution in [0.15, 0.2) is 30.4 Å². The Labute approximate surface area is 119 Å². The van der Waals surface area contributed by atoms with E-state index in [1.54, 1.807) is 0 Å². The van der Waals surface area contributed by atoms with Gasteiger partial charge in [-0.15, -0.1) is 0 Å². The summed E-state index contributed by atoms with van der Waals surface area (Å²) in [6.45, 7) is 1.19. The first-order valence-corrected chi connectivity index (χ1v) is 7.62. The third-order valence-corrected chi connectivity index (χ3v) is 4.65. The number of hydrogen-bond acceptors (Lipinski definition) is 2. The molecule has 2 nitrogen and oxygen atoms in total. The number of alkyl halides is 1. The molecule has 20 heavy (non-hydrogen) atoms. The quantitative estimate of drug-likeness (QED) is 0.844. The molecule has 106 valence electrons. The Balaban J connectivity index is 1.58. The zero-order valence-corrected chi connectivity index (χ0v) is 11.5. The van der Waals surface area contributed by atoms with Crippen LogP contribution >= 0.6 is 0 Å². The standard InChI is InChI=1S/C17H20FNO/c18-16-9-19-17(12-2-1-3-12)14-7-6-13(8-15(14)16)20-10-11-4-5-11/h1-2,6-8,11-12,16-17,19H,3-5,9-10H2. The first kappa shape index (κ1) is 12.4. The van der Waals surface area contributed by atoms with Gasteiger partial charge in [-0.25, -0.2) is 4.39 Å². The van der Waals surface area contributed by atoms with Gasteiger partial charge >= 0.3 is 0 Å². The molecule has 0 saturated heterocycles. The zero-order chi connectivity index (χ0) is 13.5. The highest BCUT2D eigenvalue weighted by Crippen LogP contribution is 2.40. The van der Waals surface area contributed by atoms with E-state index in [2.05, 4.69) is 17.5 Å². The second kappa shape index (κ2) is 4.88. The van der Waals surface area contributed by atoms with E-state index < -0.39 is 6.17 Å². The van der Waals surface area contributed by atoms with Crippen LogP contribution in [0.25, 0.3) is 0 Å². The summed E-state index contributed by atoms with van der Waals surface area (Å²) >= 11 is 0. The van der Waals surface area contributed by atoms with E-state index in [0.717, 1.165) is 35.8 Å². The molecule has 3 unspecified atom stereocenters. The van der Waals surface area contributed by atoms with Crippen LogP contribution in [0.3, 0.4) is 0 Å². The summed E-state index contributed by atoms with van der Waals surface area (Å²) in [6.07, 6.45) is 7.12. The summed E-state index contributed by atoms with van der Waals surface area (Å²) in [6, 6.07) is 6.22. The Morgan fingerprint density at radius 3 is 2.80 bits per heavy atom. The molecule has 3 atom stereocenters. The maximum Gasteiger partial charge on any atom is 0.138 e. The van der Waals surface area contributed by atoms with Gasteiger partial charge in [0.1, 0.15) is 11.9 Å². The van der Waals surface area contributed by atoms with E-state index >= 15 is 0 Å². The van der Waals surface area contributed by atoms with Crippen molar-refractivity contribution in [1.29, 1.82) is 0 Å². The highest BCUT2D eigenvalue weighted by molar-refractivity contribution is 5.42. The lowest BCUT2D eigenvalue weighted by molar-refractivity contribution is 0.260. The molecule has 1 fully saturated rings. The molecule has 0 bridgehead atoms. The van der Waals surface area contributed by atoms with Crippen molar-refractivity contribution in [3.8, 4) is 5.75 Å². The smallest absolute Gasteiger partial charge is 0.138 e. The molecule has 1 saturated carbocycles. The van der Waals surface area contributed by atoms with Crippen molar-refractivity contribution in [2.24, 2.45) is 11.8 Å². The third kappa shape index (κ3) is 2.24. The second-order valence-electron chi connectivity index (χ2n) is 6.23. The second-order valence-corrected chi connectivity index (χ2v) is 6.23. The molecule has 3 aliphatic rings. The number of benzene rings is 1. The summed E-state index contributed by atoms with van der Waals surface area (Å²) in [4.78, 5) is 0. The molecule has 1 aromatic rings. The average Bonchev–Trinajstić information content (AvgIpc) is 3.22. The molecule has 1 heterocycles. The van der Waals surface area contributed by atoms with Gasteiger partial charge in [-0.2, -0.15) is 0 Å². The fourth-order valence-electron chi connectivity index (χ4n) is 3.07. The van der Waals surface area contributed by atoms with Gasteiger partial charge in [0.25, 0.3) is 0 Å². The van der Waals surface area contributed by atoms with Gasteiger partial charge in [-0.1, -0.05) is 18.2 Å². The molecule has 1 aliphatic heterocycles. The molecular weight excluding hydrogens is 253 g/mol. The van der Waals surface area contributed by atoms with E-state index in [1.807, 2.05) is 18.2 Å². The van der Waals surface area contributed by atoms with Crippen LogP contribution < -0.4 is 10.1 Å². The molecule has 0 spiro atoms. The van der Waals surface area contributed by atoms with Crippen molar-refractivity contribution >= 4 is 0 Å². The topological polar surface area (TPSA) is 21.3 Å². The molecule has 0 radical (unpaired) electrons. The summed E-state index contributed by atoms with van der Waals surface area (Å²) < 4.78 is 20.0. The Morgan fingerprint density at radius 2 is 2.10 bits per heavy atom. The minimum Gasteiger partial charge on any atom is -0.493 e. The monoisotopic (exact) mass is 273 g/mol. The first-order chi connectivity index (χ1) is 9.81. The number of hydrogen-bond donors (Lipinski definition) is 1. The van der Waals surface area contributed by atoms with Crippen molar-refractivity contribution in [2.45, 2.75) is 31.5 Å². The fraction of sp³-hybridized carbons (Fsp3) is 0.529. The first-order valence-electron chi connectivity index (χ1n) is 7.62. The number of nitrogens with one attached hydrogen (secondary N) is 1. The van der Waals surface area contributed by atoms with E-state index in [9.17, 15) is 4.39 Å². The van der Waals surface area contributed by atoms with Gasteiger partial charge in [0, 0.05) is 12.6 Å². The summed E-state index contributed by atoms with van der Waals surface area (Å²) in [5.74, 6) is 2.06. The molecule has 1 N–H and O–H groups in total. The Kier molecular flexibility index (Phi) is 3.03. The van der Waals surface area contributed by atoms with Gasteiger partial charge in [0.05, 0.1) is 6.61 Å². The number of rotatable bonds is 4. The van der Waals surface area contributed by atoms with E-state index in [0.29, 0.717) is 12.5 Å². The van der Waals surface area contributed by atoms with Crippen molar-refractivity contribution in [2.75, 3.05) is 13.2 Å². The minimum absolute atomic E-state index is 0.263. The van der Waals surface area contributed by atoms with Gasteiger partial charge in [0.15, 0.2) is 0 Å². The van der Waals surface area contributed by atoms with Crippen molar-refractivity contribution < 1.29 is 9.13 Å². The number of halogens is 1. The molecule has 4 rings (SSSR count). The molecule has 3 heteroatoms. The molecular formula is C17H20FNO. The minimum atomic E-state index is -0.921. The predicted octanol–water partition coefficient (Wildman–Crippen LogP) is 3.71. The number of ether oxygens (including phenoxy) is 1. The lowest BCUT2D eigenvalue weighted by Gasteiger charge is -2.36.